The van der Waals surface area contributed by atoms with Crippen LogP contribution in [-0.2, 0) is 12.8 Å². The quantitative estimate of drug-likeness (QED) is 0.922. The van der Waals surface area contributed by atoms with Crippen LogP contribution < -0.4 is 5.32 Å². The molecule has 0 aromatic carbocycles. The Morgan fingerprint density at radius 1 is 1.25 bits per heavy atom. The molecule has 4 heteroatoms. The first-order valence-corrected chi connectivity index (χ1v) is 8.65. The largest absolute Gasteiger partial charge is 0.370 e. The number of nitrogens with one attached hydrogen (secondary N) is 1. The normalized spacial score (nSPS) is 24.7. The summed E-state index contributed by atoms with van der Waals surface area (Å²) in [7, 11) is 0. The Kier molecular flexibility index (Phi) is 2.95. The minimum absolute atomic E-state index is 0.593. The minimum atomic E-state index is 0.593. The molecule has 2 heterocycles. The van der Waals surface area contributed by atoms with E-state index in [0.717, 1.165) is 24.1 Å². The van der Waals surface area contributed by atoms with Crippen LogP contribution in [0.15, 0.2) is 0 Å². The standard InChI is InChI=1S/C16H21N3S/c1-3-17-15-13-10-6-4-5-7-12(10)20-16(13)19-14(18-15)11-8-9(11)2/h9,11H,3-8H2,1-2H3,(H,17,18,19). The molecule has 0 amide bonds. The Balaban J connectivity index is 1.90. The molecule has 0 bridgehead atoms. The Bertz CT molecular complexity index is 661. The van der Waals surface area contributed by atoms with Crippen LogP contribution in [-0.4, -0.2) is 16.5 Å². The van der Waals surface area contributed by atoms with Crippen molar-refractivity contribution in [3.63, 3.8) is 0 Å². The fraction of sp³-hybridized carbons (Fsp3) is 0.625. The highest BCUT2D eigenvalue weighted by atomic mass is 32.1. The molecule has 1 N–H and O–H groups in total. The maximum absolute atomic E-state index is 4.90. The van der Waals surface area contributed by atoms with Gasteiger partial charge >= 0.3 is 0 Å². The van der Waals surface area contributed by atoms with Gasteiger partial charge in [-0.15, -0.1) is 11.3 Å². The number of aryl methyl sites for hydroxylation is 2. The molecule has 106 valence electrons. The van der Waals surface area contributed by atoms with Gasteiger partial charge in [0.1, 0.15) is 16.5 Å². The van der Waals surface area contributed by atoms with Crippen molar-refractivity contribution in [3.05, 3.63) is 16.3 Å². The average molecular weight is 287 g/mol. The molecule has 2 atom stereocenters. The van der Waals surface area contributed by atoms with Gasteiger partial charge in [-0.1, -0.05) is 6.92 Å². The topological polar surface area (TPSA) is 37.8 Å². The predicted octanol–water partition coefficient (Wildman–Crippen LogP) is 4.13. The Morgan fingerprint density at radius 2 is 2.05 bits per heavy atom. The fourth-order valence-corrected chi connectivity index (χ4v) is 4.59. The van der Waals surface area contributed by atoms with Crippen LogP contribution in [0.25, 0.3) is 10.2 Å². The molecular weight excluding hydrogens is 266 g/mol. The van der Waals surface area contributed by atoms with Crippen LogP contribution in [0, 0.1) is 5.92 Å². The second kappa shape index (κ2) is 4.69. The number of thiophene rings is 1. The van der Waals surface area contributed by atoms with E-state index in [0.29, 0.717) is 5.92 Å². The molecule has 1 fully saturated rings. The maximum Gasteiger partial charge on any atom is 0.138 e. The van der Waals surface area contributed by atoms with Gasteiger partial charge in [-0.3, -0.25) is 0 Å². The molecule has 2 aromatic heterocycles. The number of anilines is 1. The van der Waals surface area contributed by atoms with E-state index in [9.17, 15) is 0 Å². The second-order valence-electron chi connectivity index (χ2n) is 6.17. The van der Waals surface area contributed by atoms with Crippen LogP contribution in [0.3, 0.4) is 0 Å². The lowest BCUT2D eigenvalue weighted by atomic mass is 9.97. The van der Waals surface area contributed by atoms with Gasteiger partial charge in [-0.05, 0) is 50.5 Å². The zero-order valence-electron chi connectivity index (χ0n) is 12.2. The molecule has 0 saturated heterocycles. The molecule has 0 spiro atoms. The van der Waals surface area contributed by atoms with E-state index in [2.05, 4.69) is 19.2 Å². The van der Waals surface area contributed by atoms with E-state index < -0.39 is 0 Å². The molecule has 1 saturated carbocycles. The third-order valence-electron chi connectivity index (χ3n) is 4.62. The summed E-state index contributed by atoms with van der Waals surface area (Å²) in [5.41, 5.74) is 1.53. The SMILES string of the molecule is CCNc1nc(C2CC2C)nc2sc3c(c12)CCCC3. The number of hydrogen-bond acceptors (Lipinski definition) is 4. The Labute approximate surface area is 123 Å². The van der Waals surface area contributed by atoms with Crippen LogP contribution in [0.2, 0.25) is 0 Å². The van der Waals surface area contributed by atoms with Gasteiger partial charge in [0.25, 0.3) is 0 Å². The highest BCUT2D eigenvalue weighted by molar-refractivity contribution is 7.19. The molecule has 2 aliphatic rings. The molecule has 2 aliphatic carbocycles. The van der Waals surface area contributed by atoms with E-state index in [-0.39, 0.29) is 0 Å². The van der Waals surface area contributed by atoms with Crippen molar-refractivity contribution in [3.8, 4) is 0 Å². The third kappa shape index (κ3) is 1.93. The second-order valence-corrected chi connectivity index (χ2v) is 7.25. The molecule has 4 rings (SSSR count). The lowest BCUT2D eigenvalue weighted by Crippen LogP contribution is -2.05. The molecule has 3 nitrogen and oxygen atoms in total. The predicted molar refractivity (Wildman–Crippen MR) is 84.7 cm³/mol. The smallest absolute Gasteiger partial charge is 0.138 e. The molecule has 0 radical (unpaired) electrons. The van der Waals surface area contributed by atoms with E-state index in [1.807, 2.05) is 11.3 Å². The van der Waals surface area contributed by atoms with Crippen molar-refractivity contribution in [1.82, 2.24) is 9.97 Å². The highest BCUT2D eigenvalue weighted by Gasteiger charge is 2.37. The van der Waals surface area contributed by atoms with Crippen molar-refractivity contribution < 1.29 is 0 Å². The lowest BCUT2D eigenvalue weighted by Gasteiger charge is -2.12. The zero-order valence-corrected chi connectivity index (χ0v) is 13.0. The van der Waals surface area contributed by atoms with Gasteiger partial charge in [-0.2, -0.15) is 0 Å². The van der Waals surface area contributed by atoms with E-state index in [1.165, 1.54) is 47.9 Å². The molecular formula is C16H21N3S. The van der Waals surface area contributed by atoms with Crippen molar-refractivity contribution in [2.75, 3.05) is 11.9 Å². The Morgan fingerprint density at radius 3 is 2.80 bits per heavy atom. The zero-order chi connectivity index (χ0) is 13.7. The summed E-state index contributed by atoms with van der Waals surface area (Å²) in [5.74, 6) is 3.51. The number of fused-ring (bicyclic) bond motifs is 3. The van der Waals surface area contributed by atoms with E-state index in [1.54, 1.807) is 4.88 Å². The first-order valence-electron chi connectivity index (χ1n) is 7.84. The first-order chi connectivity index (χ1) is 9.78. The highest BCUT2D eigenvalue weighted by Crippen LogP contribution is 2.47. The number of rotatable bonds is 3. The van der Waals surface area contributed by atoms with Crippen LogP contribution in [0.4, 0.5) is 5.82 Å². The monoisotopic (exact) mass is 287 g/mol. The summed E-state index contributed by atoms with van der Waals surface area (Å²) in [6.07, 6.45) is 6.33. The Hall–Kier alpha value is -1.16. The van der Waals surface area contributed by atoms with Gasteiger partial charge < -0.3 is 5.32 Å². The van der Waals surface area contributed by atoms with Gasteiger partial charge in [0.15, 0.2) is 0 Å². The minimum Gasteiger partial charge on any atom is -0.370 e. The van der Waals surface area contributed by atoms with Crippen molar-refractivity contribution in [1.29, 1.82) is 0 Å². The lowest BCUT2D eigenvalue weighted by molar-refractivity contribution is 0.700. The van der Waals surface area contributed by atoms with Gasteiger partial charge in [0.05, 0.1) is 5.39 Å². The van der Waals surface area contributed by atoms with Crippen molar-refractivity contribution in [2.24, 2.45) is 5.92 Å². The molecule has 0 aliphatic heterocycles. The summed E-state index contributed by atoms with van der Waals surface area (Å²) < 4.78 is 0. The first kappa shape index (κ1) is 12.6. The molecule has 20 heavy (non-hydrogen) atoms. The molecule has 2 unspecified atom stereocenters. The van der Waals surface area contributed by atoms with E-state index >= 15 is 0 Å². The van der Waals surface area contributed by atoms with Gasteiger partial charge in [-0.25, -0.2) is 9.97 Å². The van der Waals surface area contributed by atoms with Crippen LogP contribution in [0.5, 0.6) is 0 Å². The summed E-state index contributed by atoms with van der Waals surface area (Å²) in [5, 5.41) is 4.80. The maximum atomic E-state index is 4.90. The van der Waals surface area contributed by atoms with E-state index in [4.69, 9.17) is 9.97 Å². The number of aromatic nitrogens is 2. The van der Waals surface area contributed by atoms with Gasteiger partial charge in [0, 0.05) is 17.3 Å². The van der Waals surface area contributed by atoms with Crippen LogP contribution >= 0.6 is 11.3 Å². The van der Waals surface area contributed by atoms with Crippen molar-refractivity contribution in [2.45, 2.75) is 51.9 Å². The number of hydrogen-bond donors (Lipinski definition) is 1. The van der Waals surface area contributed by atoms with Gasteiger partial charge in [0.2, 0.25) is 0 Å². The number of nitrogens with zero attached hydrogens (tertiary/aromatic N) is 2. The van der Waals surface area contributed by atoms with Crippen LogP contribution in [0.1, 0.15) is 55.3 Å². The fourth-order valence-electron chi connectivity index (χ4n) is 3.32. The third-order valence-corrected chi connectivity index (χ3v) is 5.80. The average Bonchev–Trinajstić information content (AvgIpc) is 3.06. The summed E-state index contributed by atoms with van der Waals surface area (Å²) in [6, 6.07) is 0. The van der Waals surface area contributed by atoms with Crippen molar-refractivity contribution >= 4 is 27.4 Å². The summed E-state index contributed by atoms with van der Waals surface area (Å²) in [6.45, 7) is 5.37. The molecule has 2 aromatic rings. The summed E-state index contributed by atoms with van der Waals surface area (Å²) >= 11 is 1.91. The summed E-state index contributed by atoms with van der Waals surface area (Å²) in [4.78, 5) is 12.5.